The number of aromatic amines is 1. The Kier molecular flexibility index (Phi) is 4.75. The zero-order valence-electron chi connectivity index (χ0n) is 13.9. The number of hydrogen-bond acceptors (Lipinski definition) is 3. The number of nitrogens with one attached hydrogen (secondary N) is 1. The normalized spacial score (nSPS) is 13.0. The maximum atomic E-state index is 10.4. The molecule has 122 valence electrons. The number of phenols is 1. The van der Waals surface area contributed by atoms with E-state index in [1.807, 2.05) is 55.6 Å². The first-order valence-corrected chi connectivity index (χ1v) is 8.04. The van der Waals surface area contributed by atoms with E-state index in [0.29, 0.717) is 0 Å². The van der Waals surface area contributed by atoms with Crippen molar-refractivity contribution in [3.05, 3.63) is 83.4 Å². The van der Waals surface area contributed by atoms with Gasteiger partial charge in [-0.2, -0.15) is 0 Å². The summed E-state index contributed by atoms with van der Waals surface area (Å²) in [6.07, 6.45) is 4.26. The number of aryl methyl sites for hydroxylation is 1. The summed E-state index contributed by atoms with van der Waals surface area (Å²) in [5, 5.41) is 10.4. The fourth-order valence-electron chi connectivity index (χ4n) is 2.72. The van der Waals surface area contributed by atoms with E-state index in [9.17, 15) is 5.11 Å². The van der Waals surface area contributed by atoms with Crippen LogP contribution in [0.4, 0.5) is 0 Å². The third-order valence-electron chi connectivity index (χ3n) is 3.88. The highest BCUT2D eigenvalue weighted by molar-refractivity contribution is 6.14. The van der Waals surface area contributed by atoms with Crippen LogP contribution < -0.4 is 0 Å². The number of phenolic OH excluding ortho intramolecular Hbond substituents is 1. The molecule has 0 unspecified atom stereocenters. The van der Waals surface area contributed by atoms with Crippen molar-refractivity contribution in [3.63, 3.8) is 0 Å². The first-order chi connectivity index (χ1) is 11.6. The zero-order chi connectivity index (χ0) is 16.9. The topological polar surface area (TPSA) is 61.3 Å². The summed E-state index contributed by atoms with van der Waals surface area (Å²) >= 11 is 0. The molecule has 1 heterocycles. The molecular formula is C20H21N3O. The molecule has 4 nitrogen and oxygen atoms in total. The van der Waals surface area contributed by atoms with Gasteiger partial charge in [-0.25, -0.2) is 4.98 Å². The molecule has 3 aromatic rings. The summed E-state index contributed by atoms with van der Waals surface area (Å²) in [5.41, 5.74) is 4.62. The van der Waals surface area contributed by atoms with E-state index in [4.69, 9.17) is 4.99 Å². The second-order valence-electron chi connectivity index (χ2n) is 5.99. The summed E-state index contributed by atoms with van der Waals surface area (Å²) in [7, 11) is 0. The van der Waals surface area contributed by atoms with Crippen molar-refractivity contribution in [2.45, 2.75) is 26.3 Å². The van der Waals surface area contributed by atoms with Crippen LogP contribution in [-0.4, -0.2) is 26.8 Å². The van der Waals surface area contributed by atoms with E-state index >= 15 is 0 Å². The van der Waals surface area contributed by atoms with Crippen LogP contribution in [0.25, 0.3) is 0 Å². The molecular weight excluding hydrogens is 298 g/mol. The van der Waals surface area contributed by atoms with Crippen molar-refractivity contribution < 1.29 is 5.11 Å². The van der Waals surface area contributed by atoms with Gasteiger partial charge in [0.1, 0.15) is 5.75 Å². The first-order valence-electron chi connectivity index (χ1n) is 8.04. The maximum Gasteiger partial charge on any atom is 0.125 e. The Hall–Kier alpha value is -2.88. The quantitative estimate of drug-likeness (QED) is 0.701. The second kappa shape index (κ2) is 7.13. The van der Waals surface area contributed by atoms with Crippen LogP contribution in [0, 0.1) is 6.92 Å². The van der Waals surface area contributed by atoms with Gasteiger partial charge >= 0.3 is 0 Å². The lowest BCUT2D eigenvalue weighted by atomic mass is 9.99. The van der Waals surface area contributed by atoms with Gasteiger partial charge < -0.3 is 10.1 Å². The van der Waals surface area contributed by atoms with Gasteiger partial charge in [-0.1, -0.05) is 36.4 Å². The van der Waals surface area contributed by atoms with Crippen molar-refractivity contribution >= 4 is 5.71 Å². The number of nitrogens with zero attached hydrogens (tertiary/aromatic N) is 2. The van der Waals surface area contributed by atoms with Crippen LogP contribution in [-0.2, 0) is 6.42 Å². The highest BCUT2D eigenvalue weighted by Crippen LogP contribution is 2.23. The number of aromatic hydroxyl groups is 1. The molecule has 0 saturated carbocycles. The lowest BCUT2D eigenvalue weighted by molar-refractivity contribution is 0.473. The fourth-order valence-corrected chi connectivity index (χ4v) is 2.72. The Balaban J connectivity index is 2.00. The van der Waals surface area contributed by atoms with Crippen LogP contribution in [0.5, 0.6) is 5.75 Å². The molecule has 0 aliphatic rings. The van der Waals surface area contributed by atoms with Crippen molar-refractivity contribution in [1.82, 2.24) is 9.97 Å². The van der Waals surface area contributed by atoms with Crippen LogP contribution in [0.15, 0.2) is 66.0 Å². The molecule has 3 rings (SSSR count). The minimum Gasteiger partial charge on any atom is -0.507 e. The Morgan fingerprint density at radius 2 is 2.00 bits per heavy atom. The Morgan fingerprint density at radius 1 is 1.21 bits per heavy atom. The van der Waals surface area contributed by atoms with Crippen molar-refractivity contribution in [3.8, 4) is 5.75 Å². The molecule has 0 amide bonds. The monoisotopic (exact) mass is 319 g/mol. The molecule has 24 heavy (non-hydrogen) atoms. The lowest BCUT2D eigenvalue weighted by Crippen LogP contribution is -2.11. The molecule has 1 aromatic heterocycles. The van der Waals surface area contributed by atoms with Gasteiger partial charge in [0.25, 0.3) is 0 Å². The van der Waals surface area contributed by atoms with Gasteiger partial charge in [0.2, 0.25) is 0 Å². The number of benzene rings is 2. The summed E-state index contributed by atoms with van der Waals surface area (Å²) in [4.78, 5) is 12.1. The Labute approximate surface area is 141 Å². The number of H-pyrrole nitrogens is 1. The van der Waals surface area contributed by atoms with Crippen LogP contribution in [0.1, 0.15) is 29.3 Å². The van der Waals surface area contributed by atoms with E-state index in [1.165, 1.54) is 0 Å². The van der Waals surface area contributed by atoms with Gasteiger partial charge in [0.05, 0.1) is 18.1 Å². The number of hydrogen-bond donors (Lipinski definition) is 2. The van der Waals surface area contributed by atoms with Gasteiger partial charge in [0.15, 0.2) is 0 Å². The smallest absolute Gasteiger partial charge is 0.125 e. The minimum atomic E-state index is 0.0568. The van der Waals surface area contributed by atoms with Crippen LogP contribution >= 0.6 is 0 Å². The van der Waals surface area contributed by atoms with Crippen molar-refractivity contribution in [2.24, 2.45) is 4.99 Å². The number of rotatable bonds is 5. The standard InChI is InChI=1S/C20H21N3O/c1-14-8-9-18(19(24)10-14)20(16-6-4-3-5-7-16)23-15(2)11-17-12-21-13-22-17/h3-10,12-13,15,24H,11H2,1-2H3,(H,21,22)/t15-/m1/s1. The molecule has 1 atom stereocenters. The summed E-state index contributed by atoms with van der Waals surface area (Å²) in [5.74, 6) is 0.256. The third kappa shape index (κ3) is 3.71. The van der Waals surface area contributed by atoms with E-state index in [1.54, 1.807) is 12.4 Å². The average Bonchev–Trinajstić information content (AvgIpc) is 3.07. The maximum absolute atomic E-state index is 10.4. The second-order valence-corrected chi connectivity index (χ2v) is 5.99. The van der Waals surface area contributed by atoms with E-state index in [0.717, 1.165) is 34.5 Å². The number of aliphatic imine (C=N–C) groups is 1. The SMILES string of the molecule is Cc1ccc(C(=N[C@H](C)Cc2cnc[nH]2)c2ccccc2)c(O)c1. The van der Waals surface area contributed by atoms with E-state index in [2.05, 4.69) is 16.9 Å². The van der Waals surface area contributed by atoms with Gasteiger partial charge in [-0.15, -0.1) is 0 Å². The van der Waals surface area contributed by atoms with E-state index < -0.39 is 0 Å². The van der Waals surface area contributed by atoms with Gasteiger partial charge in [-0.05, 0) is 31.5 Å². The average molecular weight is 319 g/mol. The van der Waals surface area contributed by atoms with Gasteiger partial charge in [0, 0.05) is 29.4 Å². The van der Waals surface area contributed by atoms with Crippen molar-refractivity contribution in [1.29, 1.82) is 0 Å². The van der Waals surface area contributed by atoms with Crippen molar-refractivity contribution in [2.75, 3.05) is 0 Å². The third-order valence-corrected chi connectivity index (χ3v) is 3.88. The predicted molar refractivity (Wildman–Crippen MR) is 96.7 cm³/mol. The molecule has 4 heteroatoms. The fraction of sp³-hybridized carbons (Fsp3) is 0.200. The van der Waals surface area contributed by atoms with Gasteiger partial charge in [-0.3, -0.25) is 4.99 Å². The molecule has 0 bridgehead atoms. The Bertz CT molecular complexity index is 823. The zero-order valence-corrected chi connectivity index (χ0v) is 13.9. The lowest BCUT2D eigenvalue weighted by Gasteiger charge is -2.13. The molecule has 0 aliphatic heterocycles. The molecule has 0 aliphatic carbocycles. The minimum absolute atomic E-state index is 0.0568. The Morgan fingerprint density at radius 3 is 2.67 bits per heavy atom. The highest BCUT2D eigenvalue weighted by Gasteiger charge is 2.14. The molecule has 0 fully saturated rings. The highest BCUT2D eigenvalue weighted by atomic mass is 16.3. The molecule has 0 spiro atoms. The molecule has 0 saturated heterocycles. The number of imidazole rings is 1. The first kappa shape index (κ1) is 16.0. The predicted octanol–water partition coefficient (Wildman–Crippen LogP) is 3.89. The van der Waals surface area contributed by atoms with Crippen LogP contribution in [0.3, 0.4) is 0 Å². The molecule has 2 N–H and O–H groups in total. The summed E-state index contributed by atoms with van der Waals surface area (Å²) in [6, 6.07) is 15.7. The molecule has 2 aromatic carbocycles. The molecule has 0 radical (unpaired) electrons. The largest absolute Gasteiger partial charge is 0.507 e. The van der Waals surface area contributed by atoms with E-state index in [-0.39, 0.29) is 11.8 Å². The number of aromatic nitrogens is 2. The summed E-state index contributed by atoms with van der Waals surface area (Å²) in [6.45, 7) is 4.03. The summed E-state index contributed by atoms with van der Waals surface area (Å²) < 4.78 is 0. The van der Waals surface area contributed by atoms with Crippen LogP contribution in [0.2, 0.25) is 0 Å².